The predicted molar refractivity (Wildman–Crippen MR) is 134 cm³/mol. The van der Waals surface area contributed by atoms with Crippen LogP contribution >= 0.6 is 0 Å². The highest BCUT2D eigenvalue weighted by atomic mass is 19.1. The van der Waals surface area contributed by atoms with Gasteiger partial charge in [-0.15, -0.1) is 0 Å². The highest BCUT2D eigenvalue weighted by molar-refractivity contribution is 6.02. The van der Waals surface area contributed by atoms with E-state index in [1.54, 1.807) is 0 Å². The lowest BCUT2D eigenvalue weighted by Crippen LogP contribution is -2.32. The van der Waals surface area contributed by atoms with Crippen molar-refractivity contribution in [2.45, 2.75) is 46.6 Å². The quantitative estimate of drug-likeness (QED) is 0.367. The molecule has 2 aromatic carbocycles. The van der Waals surface area contributed by atoms with Crippen molar-refractivity contribution in [2.24, 2.45) is 16.8 Å². The Hall–Kier alpha value is -3.15. The topological polar surface area (TPSA) is 41.4 Å². The Morgan fingerprint density at radius 3 is 2.00 bits per heavy atom. The molecule has 1 atom stereocenters. The van der Waals surface area contributed by atoms with Gasteiger partial charge < -0.3 is 4.90 Å². The molecular weight excluding hydrogens is 430 g/mol. The van der Waals surface area contributed by atoms with Gasteiger partial charge in [-0.3, -0.25) is 4.99 Å². The molecule has 0 amide bonds. The summed E-state index contributed by atoms with van der Waals surface area (Å²) in [4.78, 5) is 16.2. The number of anilines is 1. The first-order valence-corrected chi connectivity index (χ1v) is 12.0. The summed E-state index contributed by atoms with van der Waals surface area (Å²) in [5, 5.41) is 0. The first-order chi connectivity index (χ1) is 16.3. The molecule has 1 aliphatic rings. The fourth-order valence-corrected chi connectivity index (χ4v) is 4.45. The molecule has 2 heterocycles. The number of aromatic nitrogens is 2. The second-order valence-corrected chi connectivity index (χ2v) is 9.81. The van der Waals surface area contributed by atoms with Crippen molar-refractivity contribution >= 4 is 11.7 Å². The maximum absolute atomic E-state index is 14.1. The van der Waals surface area contributed by atoms with Crippen molar-refractivity contribution in [1.29, 1.82) is 0 Å². The van der Waals surface area contributed by atoms with Gasteiger partial charge in [0.2, 0.25) is 5.95 Å². The summed E-state index contributed by atoms with van der Waals surface area (Å²) in [5.74, 6) is 0.708. The standard InChI is InChI=1S/C28H32F2N4/c1-18(2)16-34(17-19(3)4)28-31-14-22(15-32-28)20-8-10-21(11-9-20)25-12-13-26(33-25)27-23(29)6-5-7-24(27)30/h5-11,14-15,18-19,25H,12-13,16-17H2,1-4H3. The number of rotatable bonds is 8. The summed E-state index contributed by atoms with van der Waals surface area (Å²) < 4.78 is 28.3. The molecule has 1 unspecified atom stereocenters. The summed E-state index contributed by atoms with van der Waals surface area (Å²) in [6.07, 6.45) is 5.04. The van der Waals surface area contributed by atoms with E-state index in [2.05, 4.69) is 47.6 Å². The Kier molecular flexibility index (Phi) is 7.35. The fraction of sp³-hybridized carbons (Fsp3) is 0.393. The Labute approximate surface area is 200 Å². The lowest BCUT2D eigenvalue weighted by atomic mass is 10.0. The molecule has 1 aliphatic heterocycles. The van der Waals surface area contributed by atoms with Crippen LogP contribution in [-0.2, 0) is 0 Å². The second-order valence-electron chi connectivity index (χ2n) is 9.81. The van der Waals surface area contributed by atoms with Crippen molar-refractivity contribution < 1.29 is 8.78 Å². The largest absolute Gasteiger partial charge is 0.340 e. The van der Waals surface area contributed by atoms with Gasteiger partial charge in [-0.25, -0.2) is 18.7 Å². The second kappa shape index (κ2) is 10.4. The van der Waals surface area contributed by atoms with Crippen LogP contribution in [0.1, 0.15) is 57.7 Å². The first-order valence-electron chi connectivity index (χ1n) is 12.0. The molecule has 0 bridgehead atoms. The first kappa shape index (κ1) is 24.0. The van der Waals surface area contributed by atoms with Crippen LogP contribution in [0.3, 0.4) is 0 Å². The molecule has 0 N–H and O–H groups in total. The average molecular weight is 463 g/mol. The van der Waals surface area contributed by atoms with Crippen molar-refractivity contribution in [2.75, 3.05) is 18.0 Å². The molecule has 3 aromatic rings. The van der Waals surface area contributed by atoms with Gasteiger partial charge in [0.1, 0.15) is 11.6 Å². The minimum Gasteiger partial charge on any atom is -0.340 e. The van der Waals surface area contributed by atoms with Gasteiger partial charge in [-0.05, 0) is 47.9 Å². The lowest BCUT2D eigenvalue weighted by molar-refractivity contribution is 0.544. The SMILES string of the molecule is CC(C)CN(CC(C)C)c1ncc(-c2ccc(C3CCC(c4c(F)cccc4F)=N3)cc2)cn1. The maximum atomic E-state index is 14.1. The summed E-state index contributed by atoms with van der Waals surface area (Å²) in [6, 6.07) is 12.0. The number of benzene rings is 2. The molecule has 0 aliphatic carbocycles. The van der Waals surface area contributed by atoms with E-state index < -0.39 is 11.6 Å². The van der Waals surface area contributed by atoms with E-state index >= 15 is 0 Å². The molecule has 0 fully saturated rings. The van der Waals surface area contributed by atoms with Gasteiger partial charge in [0.25, 0.3) is 0 Å². The molecule has 0 saturated heterocycles. The van der Waals surface area contributed by atoms with E-state index in [1.165, 1.54) is 18.2 Å². The van der Waals surface area contributed by atoms with Gasteiger partial charge >= 0.3 is 0 Å². The summed E-state index contributed by atoms with van der Waals surface area (Å²) >= 11 is 0. The minimum absolute atomic E-state index is 0.00263. The van der Waals surface area contributed by atoms with Crippen molar-refractivity contribution in [3.8, 4) is 11.1 Å². The van der Waals surface area contributed by atoms with E-state index in [0.29, 0.717) is 24.0 Å². The zero-order chi connectivity index (χ0) is 24.2. The van der Waals surface area contributed by atoms with Gasteiger partial charge in [0.15, 0.2) is 0 Å². The number of aliphatic imine (C=N–C) groups is 1. The summed E-state index contributed by atoms with van der Waals surface area (Å²) in [6.45, 7) is 10.7. The Bertz CT molecular complexity index is 1110. The Morgan fingerprint density at radius 1 is 0.853 bits per heavy atom. The van der Waals surface area contributed by atoms with Crippen molar-refractivity contribution in [3.05, 3.63) is 77.6 Å². The highest BCUT2D eigenvalue weighted by Gasteiger charge is 2.24. The van der Waals surface area contributed by atoms with Gasteiger partial charge in [0, 0.05) is 36.8 Å². The number of hydrogen-bond acceptors (Lipinski definition) is 4. The molecule has 178 valence electrons. The van der Waals surface area contributed by atoms with Gasteiger partial charge in [-0.2, -0.15) is 0 Å². The highest BCUT2D eigenvalue weighted by Crippen LogP contribution is 2.33. The molecule has 0 saturated carbocycles. The van der Waals surface area contributed by atoms with E-state index in [-0.39, 0.29) is 11.6 Å². The molecular formula is C28H32F2N4. The maximum Gasteiger partial charge on any atom is 0.225 e. The molecule has 4 nitrogen and oxygen atoms in total. The van der Waals surface area contributed by atoms with Crippen LogP contribution in [0.4, 0.5) is 14.7 Å². The van der Waals surface area contributed by atoms with E-state index in [4.69, 9.17) is 0 Å². The van der Waals surface area contributed by atoms with Crippen LogP contribution in [0, 0.1) is 23.5 Å². The number of hydrogen-bond donors (Lipinski definition) is 0. The smallest absolute Gasteiger partial charge is 0.225 e. The zero-order valence-electron chi connectivity index (χ0n) is 20.3. The average Bonchev–Trinajstić information content (AvgIpc) is 3.28. The van der Waals surface area contributed by atoms with Gasteiger partial charge in [0.05, 0.1) is 11.6 Å². The third kappa shape index (κ3) is 5.49. The van der Waals surface area contributed by atoms with Crippen LogP contribution < -0.4 is 4.90 Å². The van der Waals surface area contributed by atoms with E-state index in [1.807, 2.05) is 36.7 Å². The van der Waals surface area contributed by atoms with Crippen molar-refractivity contribution in [3.63, 3.8) is 0 Å². The van der Waals surface area contributed by atoms with Gasteiger partial charge in [-0.1, -0.05) is 58.0 Å². The molecule has 4 rings (SSSR count). The van der Waals surface area contributed by atoms with E-state index in [0.717, 1.165) is 42.1 Å². The molecule has 0 spiro atoms. The number of halogens is 2. The molecule has 0 radical (unpaired) electrons. The predicted octanol–water partition coefficient (Wildman–Crippen LogP) is 6.86. The lowest BCUT2D eigenvalue weighted by Gasteiger charge is -2.26. The van der Waals surface area contributed by atoms with Crippen LogP contribution in [-0.4, -0.2) is 28.8 Å². The van der Waals surface area contributed by atoms with Crippen LogP contribution in [0.2, 0.25) is 0 Å². The van der Waals surface area contributed by atoms with Crippen molar-refractivity contribution in [1.82, 2.24) is 9.97 Å². The molecule has 34 heavy (non-hydrogen) atoms. The zero-order valence-corrected chi connectivity index (χ0v) is 20.3. The summed E-state index contributed by atoms with van der Waals surface area (Å²) in [7, 11) is 0. The summed E-state index contributed by atoms with van der Waals surface area (Å²) in [5.41, 5.74) is 3.52. The minimum atomic E-state index is -0.557. The Balaban J connectivity index is 1.49. The molecule has 6 heteroatoms. The van der Waals surface area contributed by atoms with Crippen LogP contribution in [0.25, 0.3) is 11.1 Å². The number of nitrogens with zero attached hydrogens (tertiary/aromatic N) is 4. The third-order valence-electron chi connectivity index (χ3n) is 5.94. The normalized spacial score (nSPS) is 15.8. The Morgan fingerprint density at radius 2 is 1.44 bits per heavy atom. The monoisotopic (exact) mass is 462 g/mol. The van der Waals surface area contributed by atoms with Crippen LogP contribution in [0.15, 0.2) is 59.9 Å². The van der Waals surface area contributed by atoms with E-state index in [9.17, 15) is 8.78 Å². The third-order valence-corrected chi connectivity index (χ3v) is 5.94. The fourth-order valence-electron chi connectivity index (χ4n) is 4.45. The molecule has 1 aromatic heterocycles. The van der Waals surface area contributed by atoms with Crippen LogP contribution in [0.5, 0.6) is 0 Å².